The first-order valence-corrected chi connectivity index (χ1v) is 12.4. The van der Waals surface area contributed by atoms with E-state index >= 15 is 0 Å². The number of carbonyl (C=O) groups is 1. The van der Waals surface area contributed by atoms with E-state index in [1.807, 2.05) is 50.2 Å². The molecule has 0 bridgehead atoms. The Bertz CT molecular complexity index is 1340. The standard InChI is InChI=1S/C25H26N4O5S/c1-18-4-14-23(15-5-18)35(33,34)28-17-16-27(24(28)19-6-10-21(11-7-19)26(2)3)25(30)20-8-12-22(13-9-20)29(31)32/h4-15,24H,16-17H2,1-3H3. The molecule has 1 atom stereocenters. The summed E-state index contributed by atoms with van der Waals surface area (Å²) in [6, 6.07) is 19.3. The van der Waals surface area contributed by atoms with Gasteiger partial charge in [-0.05, 0) is 48.9 Å². The lowest BCUT2D eigenvalue weighted by Crippen LogP contribution is -2.38. The summed E-state index contributed by atoms with van der Waals surface area (Å²) in [5.41, 5.74) is 2.66. The van der Waals surface area contributed by atoms with E-state index in [-0.39, 0.29) is 29.2 Å². The van der Waals surface area contributed by atoms with E-state index in [1.165, 1.54) is 33.5 Å². The molecule has 1 aliphatic heterocycles. The van der Waals surface area contributed by atoms with Gasteiger partial charge in [-0.15, -0.1) is 0 Å². The number of nitro groups is 1. The lowest BCUT2D eigenvalue weighted by Gasteiger charge is -2.30. The highest BCUT2D eigenvalue weighted by Gasteiger charge is 2.43. The predicted molar refractivity (Wildman–Crippen MR) is 133 cm³/mol. The third-order valence-corrected chi connectivity index (χ3v) is 7.92. The first-order valence-electron chi connectivity index (χ1n) is 11.0. The van der Waals surface area contributed by atoms with E-state index < -0.39 is 27.0 Å². The number of sulfonamides is 1. The molecule has 3 aromatic carbocycles. The van der Waals surface area contributed by atoms with Crippen LogP contribution in [0.4, 0.5) is 11.4 Å². The highest BCUT2D eigenvalue weighted by Crippen LogP contribution is 2.36. The van der Waals surface area contributed by atoms with Crippen molar-refractivity contribution in [2.75, 3.05) is 32.1 Å². The minimum Gasteiger partial charge on any atom is -0.378 e. The van der Waals surface area contributed by atoms with Crippen molar-refractivity contribution in [3.63, 3.8) is 0 Å². The SMILES string of the molecule is Cc1ccc(S(=O)(=O)N2CCN(C(=O)c3ccc([N+](=O)[O-])cc3)C2c2ccc(N(C)C)cc2)cc1. The third kappa shape index (κ3) is 4.75. The van der Waals surface area contributed by atoms with Crippen LogP contribution >= 0.6 is 0 Å². The van der Waals surface area contributed by atoms with Crippen molar-refractivity contribution in [2.45, 2.75) is 18.0 Å². The summed E-state index contributed by atoms with van der Waals surface area (Å²) in [5.74, 6) is -0.400. The fourth-order valence-electron chi connectivity index (χ4n) is 4.10. The number of nitrogens with zero attached hydrogens (tertiary/aromatic N) is 4. The molecule has 35 heavy (non-hydrogen) atoms. The van der Waals surface area contributed by atoms with Gasteiger partial charge in [0.25, 0.3) is 11.6 Å². The fourth-order valence-corrected chi connectivity index (χ4v) is 5.67. The van der Waals surface area contributed by atoms with Crippen molar-refractivity contribution in [1.29, 1.82) is 0 Å². The molecule has 9 nitrogen and oxygen atoms in total. The van der Waals surface area contributed by atoms with Gasteiger partial charge in [0.05, 0.1) is 9.82 Å². The summed E-state index contributed by atoms with van der Waals surface area (Å²) in [5, 5.41) is 11.0. The van der Waals surface area contributed by atoms with Crippen LogP contribution in [0.25, 0.3) is 0 Å². The predicted octanol–water partition coefficient (Wildman–Crippen LogP) is 3.81. The monoisotopic (exact) mass is 494 g/mol. The minimum atomic E-state index is -3.91. The second-order valence-electron chi connectivity index (χ2n) is 8.59. The van der Waals surface area contributed by atoms with Gasteiger partial charge in [0.15, 0.2) is 0 Å². The van der Waals surface area contributed by atoms with Crippen molar-refractivity contribution in [3.05, 3.63) is 99.6 Å². The van der Waals surface area contributed by atoms with Gasteiger partial charge in [-0.25, -0.2) is 8.42 Å². The molecule has 1 aliphatic rings. The molecule has 1 heterocycles. The van der Waals surface area contributed by atoms with Crippen LogP contribution < -0.4 is 4.90 Å². The lowest BCUT2D eigenvalue weighted by atomic mass is 10.1. The maximum Gasteiger partial charge on any atom is 0.269 e. The van der Waals surface area contributed by atoms with Crippen LogP contribution in [0.2, 0.25) is 0 Å². The van der Waals surface area contributed by atoms with E-state index in [2.05, 4.69) is 0 Å². The number of rotatable bonds is 6. The first kappa shape index (κ1) is 24.4. The third-order valence-electron chi connectivity index (χ3n) is 6.05. The number of hydrogen-bond acceptors (Lipinski definition) is 6. The Morgan fingerprint density at radius 3 is 2.09 bits per heavy atom. The quantitative estimate of drug-likeness (QED) is 0.381. The fraction of sp³-hybridized carbons (Fsp3) is 0.240. The van der Waals surface area contributed by atoms with Gasteiger partial charge in [-0.2, -0.15) is 4.31 Å². The minimum absolute atomic E-state index is 0.120. The molecular formula is C25H26N4O5S. The molecule has 0 radical (unpaired) electrons. The number of benzene rings is 3. The van der Waals surface area contributed by atoms with Gasteiger partial charge in [-0.3, -0.25) is 14.9 Å². The summed E-state index contributed by atoms with van der Waals surface area (Å²) in [4.78, 5) is 27.5. The zero-order valence-corrected chi connectivity index (χ0v) is 20.5. The summed E-state index contributed by atoms with van der Waals surface area (Å²) < 4.78 is 28.6. The molecule has 1 fully saturated rings. The van der Waals surface area contributed by atoms with Crippen LogP contribution in [0, 0.1) is 17.0 Å². The number of aryl methyl sites for hydroxylation is 1. The molecule has 10 heteroatoms. The molecule has 0 spiro atoms. The van der Waals surface area contributed by atoms with Gasteiger partial charge in [0.2, 0.25) is 10.0 Å². The average molecular weight is 495 g/mol. The van der Waals surface area contributed by atoms with Crippen LogP contribution in [0.5, 0.6) is 0 Å². The summed E-state index contributed by atoms with van der Waals surface area (Å²) >= 11 is 0. The summed E-state index contributed by atoms with van der Waals surface area (Å²) in [6.07, 6.45) is -0.861. The zero-order valence-electron chi connectivity index (χ0n) is 19.7. The number of carbonyl (C=O) groups excluding carboxylic acids is 1. The van der Waals surface area contributed by atoms with E-state index in [0.29, 0.717) is 5.56 Å². The molecule has 4 rings (SSSR count). The van der Waals surface area contributed by atoms with Gasteiger partial charge >= 0.3 is 0 Å². The molecule has 3 aromatic rings. The summed E-state index contributed by atoms with van der Waals surface area (Å²) in [6.45, 7) is 2.18. The number of amides is 1. The molecule has 0 aliphatic carbocycles. The van der Waals surface area contributed by atoms with Crippen molar-refractivity contribution in [1.82, 2.24) is 9.21 Å². The van der Waals surface area contributed by atoms with Crippen molar-refractivity contribution in [3.8, 4) is 0 Å². The van der Waals surface area contributed by atoms with Gasteiger partial charge in [-0.1, -0.05) is 29.8 Å². The van der Waals surface area contributed by atoms with Crippen molar-refractivity contribution >= 4 is 27.3 Å². The molecule has 0 N–H and O–H groups in total. The van der Waals surface area contributed by atoms with E-state index in [4.69, 9.17) is 0 Å². The summed E-state index contributed by atoms with van der Waals surface area (Å²) in [7, 11) is -0.0943. The molecule has 1 unspecified atom stereocenters. The largest absolute Gasteiger partial charge is 0.378 e. The Kier molecular flexibility index (Phi) is 6.60. The maximum atomic E-state index is 13.6. The molecule has 0 saturated carbocycles. The van der Waals surface area contributed by atoms with E-state index in [1.54, 1.807) is 24.3 Å². The van der Waals surface area contributed by atoms with Gasteiger partial charge in [0.1, 0.15) is 6.17 Å². The average Bonchev–Trinajstić information content (AvgIpc) is 3.30. The Hall–Kier alpha value is -3.76. The first-order chi connectivity index (χ1) is 16.6. The smallest absolute Gasteiger partial charge is 0.269 e. The Morgan fingerprint density at radius 1 is 0.943 bits per heavy atom. The van der Waals surface area contributed by atoms with Crippen LogP contribution in [0.1, 0.15) is 27.7 Å². The number of anilines is 1. The lowest BCUT2D eigenvalue weighted by molar-refractivity contribution is -0.384. The molecule has 1 saturated heterocycles. The van der Waals surface area contributed by atoms with Crippen LogP contribution in [-0.2, 0) is 10.0 Å². The molecular weight excluding hydrogens is 468 g/mol. The van der Waals surface area contributed by atoms with E-state index in [0.717, 1.165) is 11.3 Å². The van der Waals surface area contributed by atoms with E-state index in [9.17, 15) is 23.3 Å². The highest BCUT2D eigenvalue weighted by atomic mass is 32.2. The molecule has 0 aromatic heterocycles. The van der Waals surface area contributed by atoms with Gasteiger partial charge < -0.3 is 9.80 Å². The van der Waals surface area contributed by atoms with Gasteiger partial charge in [0, 0.05) is 50.6 Å². The van der Waals surface area contributed by atoms with Crippen molar-refractivity contribution < 1.29 is 18.1 Å². The Balaban J connectivity index is 1.75. The Labute approximate surface area is 204 Å². The number of non-ortho nitro benzene ring substituents is 1. The molecule has 182 valence electrons. The second-order valence-corrected chi connectivity index (χ2v) is 10.5. The number of nitro benzene ring substituents is 1. The maximum absolute atomic E-state index is 13.6. The van der Waals surface area contributed by atoms with Crippen LogP contribution in [-0.4, -0.2) is 55.6 Å². The normalized spacial score (nSPS) is 16.3. The van der Waals surface area contributed by atoms with Crippen molar-refractivity contribution in [2.24, 2.45) is 0 Å². The molecule has 1 amide bonds. The number of hydrogen-bond donors (Lipinski definition) is 0. The highest BCUT2D eigenvalue weighted by molar-refractivity contribution is 7.89. The zero-order chi connectivity index (χ0) is 25.3. The second kappa shape index (κ2) is 9.47. The topological polar surface area (TPSA) is 104 Å². The van der Waals surface area contributed by atoms with Crippen LogP contribution in [0.3, 0.4) is 0 Å². The Morgan fingerprint density at radius 2 is 1.54 bits per heavy atom. The van der Waals surface area contributed by atoms with Crippen LogP contribution in [0.15, 0.2) is 77.7 Å².